The van der Waals surface area contributed by atoms with E-state index < -0.39 is 0 Å². The monoisotopic (exact) mass is 348 g/mol. The standard InChI is InChI=1S/C19H21FOS2/c1-4-10-23-15-8-9-16(19(21)22-3)18(12-15)17-11-14(20)7-6-13(17)5-2/h6-9,11-12H,4-5,10H2,1-3H3. The highest BCUT2D eigenvalue weighted by Crippen LogP contribution is 2.34. The zero-order chi connectivity index (χ0) is 16.8. The van der Waals surface area contributed by atoms with Gasteiger partial charge >= 0.3 is 0 Å². The fraction of sp³-hybridized carbons (Fsp3) is 0.316. The Morgan fingerprint density at radius 2 is 1.87 bits per heavy atom. The van der Waals surface area contributed by atoms with E-state index in [0.717, 1.165) is 40.2 Å². The number of hydrogen-bond acceptors (Lipinski definition) is 3. The van der Waals surface area contributed by atoms with Crippen LogP contribution in [0.25, 0.3) is 11.1 Å². The van der Waals surface area contributed by atoms with Gasteiger partial charge in [0.15, 0.2) is 0 Å². The second-order valence-electron chi connectivity index (χ2n) is 5.20. The first-order chi connectivity index (χ1) is 11.1. The van der Waals surface area contributed by atoms with E-state index in [1.807, 2.05) is 31.2 Å². The van der Waals surface area contributed by atoms with Crippen molar-refractivity contribution in [1.82, 2.24) is 0 Å². The number of benzene rings is 2. The summed E-state index contributed by atoms with van der Waals surface area (Å²) in [5.74, 6) is 0.755. The Hall–Kier alpha value is -1.26. The predicted molar refractivity (Wildman–Crippen MR) is 100 cm³/mol. The van der Waals surface area contributed by atoms with Gasteiger partial charge in [0.1, 0.15) is 5.82 Å². The lowest BCUT2D eigenvalue weighted by Crippen LogP contribution is -1.99. The Balaban J connectivity index is 2.61. The zero-order valence-corrected chi connectivity index (χ0v) is 15.3. The molecule has 0 aliphatic rings. The number of thioether (sulfide) groups is 2. The average molecular weight is 349 g/mol. The Morgan fingerprint density at radius 1 is 1.09 bits per heavy atom. The van der Waals surface area contributed by atoms with Gasteiger partial charge in [0.05, 0.1) is 0 Å². The van der Waals surface area contributed by atoms with Gasteiger partial charge in [0.25, 0.3) is 0 Å². The van der Waals surface area contributed by atoms with Crippen molar-refractivity contribution in [2.45, 2.75) is 31.6 Å². The van der Waals surface area contributed by atoms with Crippen LogP contribution in [0.3, 0.4) is 0 Å². The van der Waals surface area contributed by atoms with Crippen molar-refractivity contribution >= 4 is 28.6 Å². The summed E-state index contributed by atoms with van der Waals surface area (Å²) in [7, 11) is 0. The number of aryl methyl sites for hydroxylation is 1. The van der Waals surface area contributed by atoms with E-state index in [2.05, 4.69) is 6.92 Å². The highest BCUT2D eigenvalue weighted by molar-refractivity contribution is 8.13. The molecule has 0 atom stereocenters. The first-order valence-corrected chi connectivity index (χ1v) is 9.95. The molecule has 0 radical (unpaired) electrons. The largest absolute Gasteiger partial charge is 0.282 e. The lowest BCUT2D eigenvalue weighted by molar-refractivity contribution is 0.109. The first-order valence-electron chi connectivity index (χ1n) is 7.74. The van der Waals surface area contributed by atoms with Crippen molar-refractivity contribution in [2.75, 3.05) is 12.0 Å². The number of hydrogen-bond donors (Lipinski definition) is 0. The summed E-state index contributed by atoms with van der Waals surface area (Å²) in [4.78, 5) is 13.4. The van der Waals surface area contributed by atoms with Gasteiger partial charge in [-0.25, -0.2) is 4.39 Å². The van der Waals surface area contributed by atoms with Gasteiger partial charge in [-0.15, -0.1) is 11.8 Å². The summed E-state index contributed by atoms with van der Waals surface area (Å²) in [5.41, 5.74) is 3.36. The molecule has 0 N–H and O–H groups in total. The Bertz CT molecular complexity index is 698. The summed E-state index contributed by atoms with van der Waals surface area (Å²) >= 11 is 2.95. The molecule has 122 valence electrons. The van der Waals surface area contributed by atoms with Gasteiger partial charge in [0.2, 0.25) is 5.12 Å². The van der Waals surface area contributed by atoms with Crippen LogP contribution in [0.1, 0.15) is 36.2 Å². The minimum atomic E-state index is -0.272. The van der Waals surface area contributed by atoms with Crippen LogP contribution in [0, 0.1) is 5.82 Å². The van der Waals surface area contributed by atoms with Crippen LogP contribution in [-0.4, -0.2) is 17.1 Å². The van der Waals surface area contributed by atoms with Crippen molar-refractivity contribution in [3.05, 3.63) is 53.3 Å². The van der Waals surface area contributed by atoms with E-state index in [4.69, 9.17) is 0 Å². The lowest BCUT2D eigenvalue weighted by atomic mass is 9.94. The molecule has 1 nitrogen and oxygen atoms in total. The first kappa shape index (κ1) is 18.1. The SMILES string of the molecule is CCCSc1ccc(C(=O)SC)c(-c2cc(F)ccc2CC)c1. The van der Waals surface area contributed by atoms with Crippen LogP contribution >= 0.6 is 23.5 Å². The molecule has 0 fully saturated rings. The highest BCUT2D eigenvalue weighted by Gasteiger charge is 2.16. The maximum Gasteiger partial charge on any atom is 0.219 e. The zero-order valence-electron chi connectivity index (χ0n) is 13.7. The molecule has 0 aliphatic carbocycles. The third-order valence-corrected chi connectivity index (χ3v) is 5.40. The van der Waals surface area contributed by atoms with E-state index in [9.17, 15) is 9.18 Å². The molecular formula is C19H21FOS2. The van der Waals surface area contributed by atoms with Crippen molar-refractivity contribution in [2.24, 2.45) is 0 Å². The fourth-order valence-corrected chi connectivity index (χ4v) is 3.65. The quantitative estimate of drug-likeness (QED) is 0.591. The number of carbonyl (C=O) groups excluding carboxylic acids is 1. The number of carbonyl (C=O) groups is 1. The molecule has 0 saturated heterocycles. The van der Waals surface area contributed by atoms with E-state index in [0.29, 0.717) is 5.56 Å². The Kier molecular flexibility index (Phi) is 6.72. The van der Waals surface area contributed by atoms with Crippen molar-refractivity contribution < 1.29 is 9.18 Å². The number of halogens is 1. The third-order valence-electron chi connectivity index (χ3n) is 3.61. The predicted octanol–water partition coefficient (Wildman–Crippen LogP) is 6.06. The second-order valence-corrected chi connectivity index (χ2v) is 7.15. The van der Waals surface area contributed by atoms with Crippen LogP contribution in [0.5, 0.6) is 0 Å². The second kappa shape index (κ2) is 8.55. The molecule has 4 heteroatoms. The Morgan fingerprint density at radius 3 is 2.52 bits per heavy atom. The summed E-state index contributed by atoms with van der Waals surface area (Å²) in [6.45, 7) is 4.18. The molecule has 23 heavy (non-hydrogen) atoms. The molecule has 0 amide bonds. The Labute approximate surface area is 146 Å². The maximum absolute atomic E-state index is 13.8. The molecule has 0 spiro atoms. The summed E-state index contributed by atoms with van der Waals surface area (Å²) in [6, 6.07) is 10.7. The molecule has 2 rings (SSSR count). The smallest absolute Gasteiger partial charge is 0.219 e. The van der Waals surface area contributed by atoms with Crippen LogP contribution in [0.4, 0.5) is 4.39 Å². The molecule has 2 aromatic rings. The van der Waals surface area contributed by atoms with Crippen LogP contribution in [-0.2, 0) is 6.42 Å². The van der Waals surface area contributed by atoms with Gasteiger partial charge in [0, 0.05) is 10.5 Å². The highest BCUT2D eigenvalue weighted by atomic mass is 32.2. The summed E-state index contributed by atoms with van der Waals surface area (Å²) < 4.78 is 13.8. The van der Waals surface area contributed by atoms with Crippen molar-refractivity contribution in [3.63, 3.8) is 0 Å². The molecule has 0 aromatic heterocycles. The van der Waals surface area contributed by atoms with Crippen LogP contribution in [0.2, 0.25) is 0 Å². The normalized spacial score (nSPS) is 10.8. The van der Waals surface area contributed by atoms with E-state index >= 15 is 0 Å². The van der Waals surface area contributed by atoms with Crippen molar-refractivity contribution in [3.8, 4) is 11.1 Å². The lowest BCUT2D eigenvalue weighted by Gasteiger charge is -2.14. The fourth-order valence-electron chi connectivity index (χ4n) is 2.45. The van der Waals surface area contributed by atoms with Crippen LogP contribution in [0.15, 0.2) is 41.3 Å². The van der Waals surface area contributed by atoms with E-state index in [1.165, 1.54) is 17.8 Å². The maximum atomic E-state index is 13.8. The molecule has 0 bridgehead atoms. The van der Waals surface area contributed by atoms with E-state index in [-0.39, 0.29) is 10.9 Å². The minimum absolute atomic E-state index is 0.0124. The molecule has 0 aliphatic heterocycles. The molecule has 0 heterocycles. The average Bonchev–Trinajstić information content (AvgIpc) is 2.59. The number of rotatable bonds is 6. The third kappa shape index (κ3) is 4.39. The van der Waals surface area contributed by atoms with E-state index in [1.54, 1.807) is 24.1 Å². The van der Waals surface area contributed by atoms with Crippen LogP contribution < -0.4 is 0 Å². The van der Waals surface area contributed by atoms with Gasteiger partial charge in [-0.1, -0.05) is 31.7 Å². The minimum Gasteiger partial charge on any atom is -0.282 e. The molecule has 0 saturated carbocycles. The molecular weight excluding hydrogens is 327 g/mol. The van der Waals surface area contributed by atoms with Gasteiger partial charge < -0.3 is 0 Å². The molecule has 0 unspecified atom stereocenters. The van der Waals surface area contributed by atoms with Gasteiger partial charge in [-0.05, 0) is 71.9 Å². The molecule has 2 aromatic carbocycles. The van der Waals surface area contributed by atoms with Gasteiger partial charge in [-0.3, -0.25) is 4.79 Å². The topological polar surface area (TPSA) is 17.1 Å². The van der Waals surface area contributed by atoms with Gasteiger partial charge in [-0.2, -0.15) is 0 Å². The van der Waals surface area contributed by atoms with Crippen molar-refractivity contribution in [1.29, 1.82) is 0 Å². The summed E-state index contributed by atoms with van der Waals surface area (Å²) in [5, 5.41) is 0.0124. The summed E-state index contributed by atoms with van der Waals surface area (Å²) in [6.07, 6.45) is 3.67.